The third-order valence-electron chi connectivity index (χ3n) is 6.83. The number of nitrogens with one attached hydrogen (secondary N) is 2. The Morgan fingerprint density at radius 1 is 1.14 bits per heavy atom. The zero-order chi connectivity index (χ0) is 27.3. The minimum atomic E-state index is -2.94. The van der Waals surface area contributed by atoms with Gasteiger partial charge in [0.15, 0.2) is 5.82 Å². The normalized spacial score (nSPS) is 21.3. The van der Waals surface area contributed by atoms with Gasteiger partial charge in [-0.1, -0.05) is 6.07 Å². The van der Waals surface area contributed by atoms with Crippen molar-refractivity contribution in [2.45, 2.75) is 82.8 Å². The Bertz CT molecular complexity index is 1170. The van der Waals surface area contributed by atoms with Gasteiger partial charge in [0.2, 0.25) is 11.8 Å². The molecule has 0 radical (unpaired) electrons. The summed E-state index contributed by atoms with van der Waals surface area (Å²) in [5.74, 6) is -8.37. The Morgan fingerprint density at radius 3 is 2.32 bits per heavy atom. The van der Waals surface area contributed by atoms with Crippen molar-refractivity contribution in [3.63, 3.8) is 0 Å². The molecule has 204 valence electrons. The number of ether oxygens (including phenoxy) is 1. The maximum absolute atomic E-state index is 15.5. The molecule has 2 aliphatic rings. The fraction of sp³-hybridized carbons (Fsp3) is 0.640. The Balaban J connectivity index is 1.62. The van der Waals surface area contributed by atoms with Gasteiger partial charge in [-0.25, -0.2) is 31.7 Å². The molecule has 4 rings (SSSR count). The number of hydrogen-bond donors (Lipinski definition) is 2. The van der Waals surface area contributed by atoms with E-state index in [2.05, 4.69) is 15.3 Å². The van der Waals surface area contributed by atoms with Gasteiger partial charge in [-0.2, -0.15) is 0 Å². The molecule has 37 heavy (non-hydrogen) atoms. The predicted molar refractivity (Wildman–Crippen MR) is 125 cm³/mol. The van der Waals surface area contributed by atoms with E-state index < -0.39 is 66.2 Å². The highest BCUT2D eigenvalue weighted by atomic mass is 19.3. The van der Waals surface area contributed by atoms with Gasteiger partial charge in [-0.3, -0.25) is 4.79 Å². The number of fused-ring (bicyclic) bond motifs is 1. The Hall–Kier alpha value is -2.92. The van der Waals surface area contributed by atoms with Crippen LogP contribution in [0.5, 0.6) is 0 Å². The molecular weight excluding hydrogens is 499 g/mol. The molecule has 1 saturated carbocycles. The highest BCUT2D eigenvalue weighted by Gasteiger charge is 2.47. The number of carbonyl (C=O) groups excluding carboxylic acids is 2. The van der Waals surface area contributed by atoms with Crippen molar-refractivity contribution in [3.05, 3.63) is 29.3 Å². The summed E-state index contributed by atoms with van der Waals surface area (Å²) in [6.07, 6.45) is -1.23. The molecule has 0 bridgehead atoms. The van der Waals surface area contributed by atoms with Crippen molar-refractivity contribution >= 4 is 23.0 Å². The molecule has 1 aromatic heterocycles. The molecule has 2 aromatic rings. The van der Waals surface area contributed by atoms with Crippen LogP contribution in [0.3, 0.4) is 0 Å². The summed E-state index contributed by atoms with van der Waals surface area (Å²) in [5, 5.41) is 2.71. The first-order chi connectivity index (χ1) is 17.1. The number of aromatic amines is 1. The Kier molecular flexibility index (Phi) is 6.91. The zero-order valence-electron chi connectivity index (χ0n) is 21.1. The SMILES string of the molecule is CC(C(=O)N1CC(F)(F)C1)c1ccc2[nH]c(C(NC(=O)OC(C)(C)C)C3CCC(F)(F)CC3)nc2c1F. The molecule has 1 saturated heterocycles. The monoisotopic (exact) mass is 530 g/mol. The number of benzene rings is 1. The number of likely N-dealkylation sites (tertiary alicyclic amines) is 1. The fourth-order valence-corrected chi connectivity index (χ4v) is 4.87. The van der Waals surface area contributed by atoms with Crippen molar-refractivity contribution in [1.29, 1.82) is 0 Å². The van der Waals surface area contributed by atoms with Crippen LogP contribution in [0.1, 0.15) is 76.7 Å². The van der Waals surface area contributed by atoms with Crippen LogP contribution in [-0.4, -0.2) is 57.4 Å². The number of hydrogen-bond acceptors (Lipinski definition) is 4. The van der Waals surface area contributed by atoms with E-state index in [-0.39, 0.29) is 48.1 Å². The van der Waals surface area contributed by atoms with Crippen molar-refractivity contribution < 1.29 is 36.3 Å². The number of aromatic nitrogens is 2. The largest absolute Gasteiger partial charge is 0.444 e. The number of alkyl halides is 4. The fourth-order valence-electron chi connectivity index (χ4n) is 4.87. The van der Waals surface area contributed by atoms with E-state index in [1.54, 1.807) is 20.8 Å². The summed E-state index contributed by atoms with van der Waals surface area (Å²) in [6, 6.07) is 2.05. The van der Waals surface area contributed by atoms with Crippen LogP contribution in [0.2, 0.25) is 0 Å². The lowest BCUT2D eigenvalue weighted by molar-refractivity contribution is -0.166. The standard InChI is InChI=1S/C25H31F5N4O3/c1-13(21(35)34-11-25(29,30)12-34)15-5-6-16-19(17(15)26)32-20(31-16)18(33-22(36)37-23(2,3)4)14-7-9-24(27,28)10-8-14/h5-6,13-14,18H,7-12H2,1-4H3,(H,31,32)(H,33,36). The van der Waals surface area contributed by atoms with Crippen molar-refractivity contribution in [2.24, 2.45) is 5.92 Å². The Labute approximate surface area is 211 Å². The van der Waals surface area contributed by atoms with Crippen LogP contribution in [0.25, 0.3) is 11.0 Å². The number of nitrogens with zero attached hydrogens (tertiary/aromatic N) is 2. The van der Waals surface area contributed by atoms with Crippen LogP contribution in [-0.2, 0) is 9.53 Å². The van der Waals surface area contributed by atoms with Gasteiger partial charge >= 0.3 is 6.09 Å². The third kappa shape index (κ3) is 5.98. The molecule has 12 heteroatoms. The number of alkyl carbamates (subject to hydrolysis) is 1. The summed E-state index contributed by atoms with van der Waals surface area (Å²) < 4.78 is 74.9. The topological polar surface area (TPSA) is 87.3 Å². The Morgan fingerprint density at radius 2 is 1.76 bits per heavy atom. The molecule has 2 N–H and O–H groups in total. The number of halogens is 5. The number of amides is 2. The molecule has 2 heterocycles. The smallest absolute Gasteiger partial charge is 0.408 e. The summed E-state index contributed by atoms with van der Waals surface area (Å²) in [6.45, 7) is 5.08. The second-order valence-corrected chi connectivity index (χ2v) is 11.1. The predicted octanol–water partition coefficient (Wildman–Crippen LogP) is 5.67. The third-order valence-corrected chi connectivity index (χ3v) is 6.83. The summed E-state index contributed by atoms with van der Waals surface area (Å²) in [5.41, 5.74) is -0.617. The molecule has 2 fully saturated rings. The molecule has 2 amide bonds. The summed E-state index contributed by atoms with van der Waals surface area (Å²) in [7, 11) is 0. The quantitative estimate of drug-likeness (QED) is 0.488. The van der Waals surface area contributed by atoms with Gasteiger partial charge in [0.1, 0.15) is 16.9 Å². The molecule has 2 unspecified atom stereocenters. The molecule has 7 nitrogen and oxygen atoms in total. The van der Waals surface area contributed by atoms with Gasteiger partial charge in [-0.15, -0.1) is 0 Å². The van der Waals surface area contributed by atoms with E-state index in [0.717, 1.165) is 4.90 Å². The zero-order valence-corrected chi connectivity index (χ0v) is 21.1. The van der Waals surface area contributed by atoms with Crippen LogP contribution in [0.4, 0.5) is 26.7 Å². The lowest BCUT2D eigenvalue weighted by Gasteiger charge is -2.40. The first-order valence-corrected chi connectivity index (χ1v) is 12.3. The molecule has 2 atom stereocenters. The molecule has 1 aromatic carbocycles. The average molecular weight is 531 g/mol. The maximum atomic E-state index is 15.5. The van der Waals surface area contributed by atoms with E-state index in [9.17, 15) is 27.2 Å². The van der Waals surface area contributed by atoms with Gasteiger partial charge in [0.05, 0.1) is 30.6 Å². The minimum absolute atomic E-state index is 0.000253. The number of carbonyl (C=O) groups is 2. The van der Waals surface area contributed by atoms with Crippen LogP contribution >= 0.6 is 0 Å². The van der Waals surface area contributed by atoms with Crippen molar-refractivity contribution in [3.8, 4) is 0 Å². The van der Waals surface area contributed by atoms with Crippen LogP contribution in [0.15, 0.2) is 12.1 Å². The first kappa shape index (κ1) is 27.1. The van der Waals surface area contributed by atoms with E-state index in [1.807, 2.05) is 0 Å². The minimum Gasteiger partial charge on any atom is -0.444 e. The van der Waals surface area contributed by atoms with Gasteiger partial charge in [0, 0.05) is 18.4 Å². The van der Waals surface area contributed by atoms with E-state index in [1.165, 1.54) is 19.1 Å². The van der Waals surface area contributed by atoms with Gasteiger partial charge < -0.3 is 19.9 Å². The second-order valence-electron chi connectivity index (χ2n) is 11.1. The molecule has 0 spiro atoms. The highest BCUT2D eigenvalue weighted by molar-refractivity contribution is 5.86. The van der Waals surface area contributed by atoms with E-state index in [0.29, 0.717) is 0 Å². The molecule has 1 aliphatic heterocycles. The summed E-state index contributed by atoms with van der Waals surface area (Å²) in [4.78, 5) is 33.4. The summed E-state index contributed by atoms with van der Waals surface area (Å²) >= 11 is 0. The highest BCUT2D eigenvalue weighted by Crippen LogP contribution is 2.41. The second kappa shape index (κ2) is 9.43. The lowest BCUT2D eigenvalue weighted by atomic mass is 9.81. The number of rotatable bonds is 5. The van der Waals surface area contributed by atoms with Crippen LogP contribution in [0, 0.1) is 11.7 Å². The maximum Gasteiger partial charge on any atom is 0.408 e. The van der Waals surface area contributed by atoms with Crippen molar-refractivity contribution in [1.82, 2.24) is 20.2 Å². The average Bonchev–Trinajstić information content (AvgIpc) is 3.19. The lowest BCUT2D eigenvalue weighted by Crippen LogP contribution is -2.59. The van der Waals surface area contributed by atoms with E-state index in [4.69, 9.17) is 4.74 Å². The molecular formula is C25H31F5N4O3. The van der Waals surface area contributed by atoms with Crippen molar-refractivity contribution in [2.75, 3.05) is 13.1 Å². The van der Waals surface area contributed by atoms with E-state index >= 15 is 4.39 Å². The number of H-pyrrole nitrogens is 1. The van der Waals surface area contributed by atoms with Gasteiger partial charge in [0.25, 0.3) is 5.92 Å². The number of imidazole rings is 1. The van der Waals surface area contributed by atoms with Gasteiger partial charge in [-0.05, 0) is 52.5 Å². The van der Waals surface area contributed by atoms with Crippen LogP contribution < -0.4 is 5.32 Å². The first-order valence-electron chi connectivity index (χ1n) is 12.3. The molecule has 1 aliphatic carbocycles.